The minimum absolute atomic E-state index is 0.0913. The van der Waals surface area contributed by atoms with Crippen LogP contribution in [0.1, 0.15) is 77.6 Å². The topological polar surface area (TPSA) is 67.6 Å². The van der Waals surface area contributed by atoms with E-state index in [-0.39, 0.29) is 6.03 Å². The van der Waals surface area contributed by atoms with Gasteiger partial charge in [0.05, 0.1) is 13.2 Å². The van der Waals surface area contributed by atoms with Crippen molar-refractivity contribution in [3.63, 3.8) is 0 Å². The number of hydroxylamine groups is 2. The summed E-state index contributed by atoms with van der Waals surface area (Å²) in [4.78, 5) is 17.9. The third kappa shape index (κ3) is 9.82. The van der Waals surface area contributed by atoms with Crippen LogP contribution >= 0.6 is 0 Å². The van der Waals surface area contributed by atoms with Crippen LogP contribution in [0.3, 0.4) is 0 Å². The molecule has 136 valence electrons. The van der Waals surface area contributed by atoms with Gasteiger partial charge in [-0.15, -0.1) is 0 Å². The second-order valence-corrected chi connectivity index (χ2v) is 6.65. The van der Waals surface area contributed by atoms with Crippen LogP contribution in [0.2, 0.25) is 0 Å². The molecule has 0 heterocycles. The number of unbranched alkanes of at least 4 members (excludes halogenated alkanes) is 5. The van der Waals surface area contributed by atoms with Crippen molar-refractivity contribution >= 4 is 6.03 Å². The van der Waals surface area contributed by atoms with Crippen LogP contribution in [0.5, 0.6) is 0 Å². The molecule has 23 heavy (non-hydrogen) atoms. The maximum atomic E-state index is 12.1. The highest BCUT2D eigenvalue weighted by Crippen LogP contribution is 2.24. The predicted molar refractivity (Wildman–Crippen MR) is 95.1 cm³/mol. The Morgan fingerprint density at radius 2 is 1.74 bits per heavy atom. The molecular weight excluding hydrogens is 290 g/mol. The molecule has 0 bridgehead atoms. The molecular formula is C18H37N3O2. The van der Waals surface area contributed by atoms with Crippen molar-refractivity contribution in [2.75, 3.05) is 26.2 Å². The van der Waals surface area contributed by atoms with E-state index in [2.05, 4.69) is 5.32 Å². The third-order valence-electron chi connectivity index (χ3n) is 4.56. The van der Waals surface area contributed by atoms with Crippen molar-refractivity contribution in [2.24, 2.45) is 11.7 Å². The Hall–Kier alpha value is -0.810. The van der Waals surface area contributed by atoms with Gasteiger partial charge in [0, 0.05) is 6.54 Å². The third-order valence-corrected chi connectivity index (χ3v) is 4.56. The van der Waals surface area contributed by atoms with Crippen molar-refractivity contribution in [1.82, 2.24) is 10.4 Å². The molecule has 0 unspecified atom stereocenters. The monoisotopic (exact) mass is 327 g/mol. The maximum Gasteiger partial charge on any atom is 0.341 e. The minimum Gasteiger partial charge on any atom is -0.336 e. The molecule has 0 spiro atoms. The summed E-state index contributed by atoms with van der Waals surface area (Å²) in [6.45, 7) is 4.75. The average molecular weight is 328 g/mol. The first-order valence-corrected chi connectivity index (χ1v) is 9.66. The Morgan fingerprint density at radius 3 is 2.39 bits per heavy atom. The molecule has 0 radical (unpaired) electrons. The molecule has 1 aliphatic carbocycles. The molecule has 1 saturated carbocycles. The summed E-state index contributed by atoms with van der Waals surface area (Å²) in [6, 6.07) is -0.0913. The van der Waals surface area contributed by atoms with E-state index in [4.69, 9.17) is 10.6 Å². The number of nitrogens with two attached hydrogens (primary N) is 1. The molecule has 1 aliphatic rings. The highest BCUT2D eigenvalue weighted by molar-refractivity contribution is 5.72. The van der Waals surface area contributed by atoms with E-state index >= 15 is 0 Å². The van der Waals surface area contributed by atoms with E-state index in [0.717, 1.165) is 25.8 Å². The molecule has 1 fully saturated rings. The van der Waals surface area contributed by atoms with Crippen molar-refractivity contribution in [2.45, 2.75) is 77.6 Å². The summed E-state index contributed by atoms with van der Waals surface area (Å²) >= 11 is 0. The molecule has 0 saturated heterocycles. The molecule has 0 aromatic carbocycles. The first-order chi connectivity index (χ1) is 11.3. The summed E-state index contributed by atoms with van der Waals surface area (Å²) < 4.78 is 0. The largest absolute Gasteiger partial charge is 0.341 e. The van der Waals surface area contributed by atoms with E-state index < -0.39 is 0 Å². The fourth-order valence-corrected chi connectivity index (χ4v) is 3.12. The van der Waals surface area contributed by atoms with Gasteiger partial charge >= 0.3 is 6.03 Å². The Labute approximate surface area is 142 Å². The maximum absolute atomic E-state index is 12.1. The molecule has 2 amide bonds. The smallest absolute Gasteiger partial charge is 0.336 e. The van der Waals surface area contributed by atoms with E-state index in [1.54, 1.807) is 5.06 Å². The van der Waals surface area contributed by atoms with Gasteiger partial charge in [0.1, 0.15) is 0 Å². The standard InChI is InChI=1S/C18H37N3O2/c1-2-20-18(22)21(15-11-6-4-3-5-10-14-19)23-16-17-12-8-7-9-13-17/h17H,2-16,19H2,1H3,(H,20,22). The van der Waals surface area contributed by atoms with Gasteiger partial charge in [-0.05, 0) is 45.1 Å². The molecule has 5 heteroatoms. The quantitative estimate of drug-likeness (QED) is 0.423. The molecule has 0 aromatic heterocycles. The highest BCUT2D eigenvalue weighted by atomic mass is 16.7. The number of carbonyl (C=O) groups is 1. The predicted octanol–water partition coefficient (Wildman–Crippen LogP) is 3.83. The second kappa shape index (κ2) is 13.6. The SMILES string of the molecule is CCNC(=O)N(CCCCCCCCN)OCC1CCCCC1. The number of nitrogens with zero attached hydrogens (tertiary/aromatic N) is 1. The lowest BCUT2D eigenvalue weighted by Crippen LogP contribution is -2.41. The highest BCUT2D eigenvalue weighted by Gasteiger charge is 2.18. The first kappa shape index (κ1) is 20.2. The zero-order chi connectivity index (χ0) is 16.8. The molecule has 0 atom stereocenters. The zero-order valence-electron chi connectivity index (χ0n) is 15.0. The van der Waals surface area contributed by atoms with Gasteiger partial charge in [-0.25, -0.2) is 9.86 Å². The van der Waals surface area contributed by atoms with E-state index in [9.17, 15) is 4.79 Å². The van der Waals surface area contributed by atoms with Crippen LogP contribution < -0.4 is 11.1 Å². The number of rotatable bonds is 12. The Balaban J connectivity index is 2.21. The van der Waals surface area contributed by atoms with Crippen LogP contribution in [0, 0.1) is 5.92 Å². The van der Waals surface area contributed by atoms with Gasteiger partial charge in [0.25, 0.3) is 0 Å². The summed E-state index contributed by atoms with van der Waals surface area (Å²) in [5.41, 5.74) is 5.50. The Morgan fingerprint density at radius 1 is 1.09 bits per heavy atom. The van der Waals surface area contributed by atoms with Gasteiger partial charge in [0.15, 0.2) is 0 Å². The normalized spacial score (nSPS) is 15.6. The molecule has 1 rings (SSSR count). The second-order valence-electron chi connectivity index (χ2n) is 6.65. The molecule has 5 nitrogen and oxygen atoms in total. The van der Waals surface area contributed by atoms with Crippen LogP contribution in [0.15, 0.2) is 0 Å². The van der Waals surface area contributed by atoms with Gasteiger partial charge < -0.3 is 11.1 Å². The van der Waals surface area contributed by atoms with E-state index in [0.29, 0.717) is 25.6 Å². The van der Waals surface area contributed by atoms with Crippen molar-refractivity contribution in [3.05, 3.63) is 0 Å². The number of hydrogen-bond acceptors (Lipinski definition) is 3. The van der Waals surface area contributed by atoms with Crippen LogP contribution in [0.4, 0.5) is 4.79 Å². The van der Waals surface area contributed by atoms with Gasteiger partial charge in [0.2, 0.25) is 0 Å². The van der Waals surface area contributed by atoms with Crippen LogP contribution in [0.25, 0.3) is 0 Å². The summed E-state index contributed by atoms with van der Waals surface area (Å²) in [5, 5.41) is 4.40. The number of amides is 2. The van der Waals surface area contributed by atoms with Crippen molar-refractivity contribution in [3.8, 4) is 0 Å². The van der Waals surface area contributed by atoms with Crippen LogP contribution in [-0.4, -0.2) is 37.3 Å². The fourth-order valence-electron chi connectivity index (χ4n) is 3.12. The number of urea groups is 1. The average Bonchev–Trinajstić information content (AvgIpc) is 2.57. The summed E-state index contributed by atoms with van der Waals surface area (Å²) in [5.74, 6) is 0.622. The van der Waals surface area contributed by atoms with Crippen LogP contribution in [-0.2, 0) is 4.84 Å². The number of nitrogens with one attached hydrogen (secondary N) is 1. The number of hydrogen-bond donors (Lipinski definition) is 2. The lowest BCUT2D eigenvalue weighted by Gasteiger charge is -2.26. The molecule has 0 aliphatic heterocycles. The van der Waals surface area contributed by atoms with Gasteiger partial charge in [-0.3, -0.25) is 4.84 Å². The van der Waals surface area contributed by atoms with Crippen molar-refractivity contribution < 1.29 is 9.63 Å². The lowest BCUT2D eigenvalue weighted by molar-refractivity contribution is -0.132. The first-order valence-electron chi connectivity index (χ1n) is 9.66. The van der Waals surface area contributed by atoms with Gasteiger partial charge in [-0.1, -0.05) is 44.9 Å². The fraction of sp³-hybridized carbons (Fsp3) is 0.944. The van der Waals surface area contributed by atoms with E-state index in [1.165, 1.54) is 51.4 Å². The Bertz CT molecular complexity index is 294. The lowest BCUT2D eigenvalue weighted by atomic mass is 9.90. The number of carbonyl (C=O) groups excluding carboxylic acids is 1. The van der Waals surface area contributed by atoms with Crippen molar-refractivity contribution in [1.29, 1.82) is 0 Å². The Kier molecular flexibility index (Phi) is 12.0. The van der Waals surface area contributed by atoms with Gasteiger partial charge in [-0.2, -0.15) is 0 Å². The molecule has 0 aromatic rings. The zero-order valence-corrected chi connectivity index (χ0v) is 15.0. The molecule has 3 N–H and O–H groups in total. The minimum atomic E-state index is -0.0913. The van der Waals surface area contributed by atoms with E-state index in [1.807, 2.05) is 6.92 Å². The summed E-state index contributed by atoms with van der Waals surface area (Å²) in [7, 11) is 0. The summed E-state index contributed by atoms with van der Waals surface area (Å²) in [6.07, 6.45) is 13.4.